The zero-order chi connectivity index (χ0) is 28.8. The fraction of sp³-hybridized carbons (Fsp3) is 0. The molecule has 5 heterocycles. The van der Waals surface area contributed by atoms with Crippen LogP contribution in [-0.4, -0.2) is 39.9 Å². The number of rotatable bonds is 0. The summed E-state index contributed by atoms with van der Waals surface area (Å²) in [6.07, 6.45) is 0. The van der Waals surface area contributed by atoms with E-state index in [2.05, 4.69) is 35.2 Å². The molecule has 43 heavy (non-hydrogen) atoms. The van der Waals surface area contributed by atoms with E-state index in [0.717, 1.165) is 64.5 Å². The molecule has 3 aliphatic rings. The van der Waals surface area contributed by atoms with Crippen LogP contribution in [0.25, 0.3) is 90.4 Å². The average molecular weight is 611 g/mol. The first-order chi connectivity index (χ1) is 21.0. The molecule has 0 fully saturated rings. The Hall–Kier alpha value is -4.71. The molecular weight excluding hydrogens is 593 g/mol. The molecular formula is C32H18N8S3. The molecule has 0 saturated heterocycles. The van der Waals surface area contributed by atoms with Crippen LogP contribution in [0.2, 0.25) is 0 Å². The number of benzene rings is 4. The van der Waals surface area contributed by atoms with Crippen LogP contribution in [0.4, 0.5) is 0 Å². The standard InChI is InChI=1S/C32H18N8S3/c41-14-8-10-18-21(12-14)30-35-27(18)34-25-16-4-1-2-5-17(16)26(33-25)39-32-24-20(6-3-7-23(24)43)29(40-32)38-31-22-13-15(42)9-11-19(22)28(36-30)37-31/h1-13,41-43H,(H2,33,34,35,36,37,38,39,40). The number of thiol groups is 3. The summed E-state index contributed by atoms with van der Waals surface area (Å²) in [6, 6.07) is 25.6. The number of H-pyrrole nitrogens is 2. The fourth-order valence-corrected chi connectivity index (χ4v) is 6.46. The number of hydrogen-bond acceptors (Lipinski definition) is 9. The van der Waals surface area contributed by atoms with Crippen molar-refractivity contribution in [3.8, 4) is 68.3 Å². The Bertz CT molecular complexity index is 2410. The third kappa shape index (κ3) is 3.82. The molecule has 204 valence electrons. The average Bonchev–Trinajstić information content (AvgIpc) is 3.72. The Morgan fingerprint density at radius 3 is 1.98 bits per heavy atom. The van der Waals surface area contributed by atoms with Crippen molar-refractivity contribution in [2.75, 3.05) is 0 Å². The van der Waals surface area contributed by atoms with Crippen LogP contribution in [0.15, 0.2) is 93.5 Å². The number of aromatic nitrogens is 8. The Balaban J connectivity index is 1.49. The second-order valence-electron chi connectivity index (χ2n) is 10.3. The Morgan fingerprint density at radius 2 is 1.12 bits per heavy atom. The number of aromatic amines is 2. The van der Waals surface area contributed by atoms with E-state index >= 15 is 0 Å². The van der Waals surface area contributed by atoms with Crippen LogP contribution in [0.5, 0.6) is 0 Å². The van der Waals surface area contributed by atoms with Gasteiger partial charge in [-0.15, -0.1) is 37.9 Å². The highest BCUT2D eigenvalue weighted by molar-refractivity contribution is 7.80. The summed E-state index contributed by atoms with van der Waals surface area (Å²) in [4.78, 5) is 39.2. The minimum absolute atomic E-state index is 0.492. The van der Waals surface area contributed by atoms with E-state index < -0.39 is 0 Å². The summed E-state index contributed by atoms with van der Waals surface area (Å²) in [7, 11) is 0. The summed E-state index contributed by atoms with van der Waals surface area (Å²) in [6.45, 7) is 0. The van der Waals surface area contributed by atoms with Gasteiger partial charge >= 0.3 is 0 Å². The SMILES string of the molecule is Sc1ccc2c(c1)-c1nc-2nc2[nH]c([nH]c3nc(nc4nc(n1)-c1cccc(S)c1-4)-c1ccccc1-3)c1ccc(S)cc21. The number of nitrogens with one attached hydrogen (secondary N) is 2. The largest absolute Gasteiger partial charge is 0.325 e. The topological polar surface area (TPSA) is 109 Å². The molecule has 11 heteroatoms. The minimum Gasteiger partial charge on any atom is -0.325 e. The van der Waals surface area contributed by atoms with Crippen LogP contribution in [0.3, 0.4) is 0 Å². The predicted molar refractivity (Wildman–Crippen MR) is 176 cm³/mol. The first-order valence-corrected chi connectivity index (χ1v) is 14.7. The maximum Gasteiger partial charge on any atom is 0.165 e. The van der Waals surface area contributed by atoms with Crippen molar-refractivity contribution in [3.63, 3.8) is 0 Å². The summed E-state index contributed by atoms with van der Waals surface area (Å²) in [5.41, 5.74) is 6.51. The molecule has 0 radical (unpaired) electrons. The van der Waals surface area contributed by atoms with E-state index in [1.54, 1.807) is 0 Å². The van der Waals surface area contributed by atoms with Crippen molar-refractivity contribution >= 4 is 60.0 Å². The van der Waals surface area contributed by atoms with Crippen LogP contribution < -0.4 is 0 Å². The summed E-state index contributed by atoms with van der Waals surface area (Å²) in [5, 5.41) is 1.84. The fourth-order valence-electron chi connectivity index (χ4n) is 5.75. The maximum atomic E-state index is 5.04. The molecule has 4 aromatic carbocycles. The van der Waals surface area contributed by atoms with Gasteiger partial charge in [-0.2, -0.15) is 0 Å². The monoisotopic (exact) mass is 610 g/mol. The normalized spacial score (nSPS) is 12.1. The molecule has 8 nitrogen and oxygen atoms in total. The van der Waals surface area contributed by atoms with Gasteiger partial charge in [0.2, 0.25) is 0 Å². The van der Waals surface area contributed by atoms with Gasteiger partial charge in [-0.25, -0.2) is 29.9 Å². The quantitative estimate of drug-likeness (QED) is 0.113. The first-order valence-electron chi connectivity index (χ1n) is 13.4. The van der Waals surface area contributed by atoms with Gasteiger partial charge in [0.25, 0.3) is 0 Å². The number of fused-ring (bicyclic) bond motifs is 20. The summed E-state index contributed by atoms with van der Waals surface area (Å²) >= 11 is 14.0. The molecule has 2 aromatic heterocycles. The van der Waals surface area contributed by atoms with Gasteiger partial charge in [0.05, 0.1) is 0 Å². The van der Waals surface area contributed by atoms with Gasteiger partial charge in [0, 0.05) is 58.8 Å². The van der Waals surface area contributed by atoms with E-state index in [1.807, 2.05) is 78.9 Å². The van der Waals surface area contributed by atoms with Crippen molar-refractivity contribution in [1.82, 2.24) is 39.9 Å². The lowest BCUT2D eigenvalue weighted by molar-refractivity contribution is 1.14. The molecule has 0 spiro atoms. The lowest BCUT2D eigenvalue weighted by atomic mass is 10.1. The lowest BCUT2D eigenvalue weighted by Gasteiger charge is -2.02. The van der Waals surface area contributed by atoms with Crippen molar-refractivity contribution < 1.29 is 0 Å². The van der Waals surface area contributed by atoms with Gasteiger partial charge in [-0.3, -0.25) is 0 Å². The smallest absolute Gasteiger partial charge is 0.165 e. The zero-order valence-corrected chi connectivity index (χ0v) is 24.7. The molecule has 0 saturated carbocycles. The lowest BCUT2D eigenvalue weighted by Crippen LogP contribution is -1.86. The summed E-state index contributed by atoms with van der Waals surface area (Å²) in [5.74, 6) is 3.22. The highest BCUT2D eigenvalue weighted by Gasteiger charge is 2.26. The van der Waals surface area contributed by atoms with E-state index in [4.69, 9.17) is 42.5 Å². The molecule has 0 aliphatic carbocycles. The number of nitrogens with zero attached hydrogens (tertiary/aromatic N) is 6. The van der Waals surface area contributed by atoms with Crippen molar-refractivity contribution in [1.29, 1.82) is 0 Å². The van der Waals surface area contributed by atoms with Gasteiger partial charge in [0.15, 0.2) is 29.1 Å². The van der Waals surface area contributed by atoms with Crippen LogP contribution in [0.1, 0.15) is 0 Å². The van der Waals surface area contributed by atoms with Gasteiger partial charge in [0.1, 0.15) is 17.1 Å². The van der Waals surface area contributed by atoms with Crippen LogP contribution >= 0.6 is 37.9 Å². The molecule has 3 aliphatic heterocycles. The predicted octanol–water partition coefficient (Wildman–Crippen LogP) is 7.64. The zero-order valence-electron chi connectivity index (χ0n) is 22.0. The van der Waals surface area contributed by atoms with Crippen LogP contribution in [-0.2, 0) is 0 Å². The molecule has 0 unspecified atom stereocenters. The third-order valence-electron chi connectivity index (χ3n) is 7.71. The first kappa shape index (κ1) is 24.8. The highest BCUT2D eigenvalue weighted by atomic mass is 32.1. The van der Waals surface area contributed by atoms with Gasteiger partial charge in [-0.1, -0.05) is 36.4 Å². The highest BCUT2D eigenvalue weighted by Crippen LogP contribution is 2.41. The minimum atomic E-state index is 0.492. The molecule has 0 amide bonds. The van der Waals surface area contributed by atoms with Crippen molar-refractivity contribution in [3.05, 3.63) is 78.9 Å². The van der Waals surface area contributed by atoms with E-state index in [0.29, 0.717) is 40.6 Å². The molecule has 6 aromatic rings. The number of hydrogen-bond donors (Lipinski definition) is 5. The third-order valence-corrected chi connectivity index (χ3v) is 8.64. The van der Waals surface area contributed by atoms with E-state index in [-0.39, 0.29) is 0 Å². The molecule has 8 bridgehead atoms. The maximum absolute atomic E-state index is 5.04. The molecule has 9 rings (SSSR count). The van der Waals surface area contributed by atoms with Crippen molar-refractivity contribution in [2.24, 2.45) is 0 Å². The second kappa shape index (κ2) is 9.14. The van der Waals surface area contributed by atoms with E-state index in [9.17, 15) is 0 Å². The Kier molecular flexibility index (Phi) is 5.28. The Labute approximate surface area is 260 Å². The molecule has 2 N–H and O–H groups in total. The second-order valence-corrected chi connectivity index (χ2v) is 11.8. The van der Waals surface area contributed by atoms with Crippen LogP contribution in [0, 0.1) is 0 Å². The van der Waals surface area contributed by atoms with Crippen molar-refractivity contribution in [2.45, 2.75) is 14.7 Å². The van der Waals surface area contributed by atoms with Gasteiger partial charge < -0.3 is 9.97 Å². The van der Waals surface area contributed by atoms with Gasteiger partial charge in [-0.05, 0) is 42.5 Å². The van der Waals surface area contributed by atoms with E-state index in [1.165, 1.54) is 0 Å². The summed E-state index contributed by atoms with van der Waals surface area (Å²) < 4.78 is 0. The molecule has 0 atom stereocenters. The Morgan fingerprint density at radius 1 is 0.465 bits per heavy atom.